The van der Waals surface area contributed by atoms with E-state index in [1.54, 1.807) is 0 Å². The second-order valence-electron chi connectivity index (χ2n) is 7.71. The molecule has 2 aliphatic rings. The van der Waals surface area contributed by atoms with Gasteiger partial charge in [-0.1, -0.05) is 30.3 Å². The Balaban J connectivity index is 1.32. The number of anilines is 1. The van der Waals surface area contributed by atoms with Crippen LogP contribution in [0.15, 0.2) is 54.6 Å². The molecule has 2 N–H and O–H groups in total. The van der Waals surface area contributed by atoms with Gasteiger partial charge in [-0.15, -0.1) is 0 Å². The summed E-state index contributed by atoms with van der Waals surface area (Å²) in [6, 6.07) is 20.5. The van der Waals surface area contributed by atoms with Gasteiger partial charge < -0.3 is 15.5 Å². The van der Waals surface area contributed by atoms with E-state index in [-0.39, 0.29) is 23.8 Å². The van der Waals surface area contributed by atoms with Crippen LogP contribution >= 0.6 is 0 Å². The van der Waals surface area contributed by atoms with Gasteiger partial charge in [-0.25, -0.2) is 0 Å². The number of amides is 1. The molecule has 0 saturated carbocycles. The Hall–Kier alpha value is -2.84. The highest BCUT2D eigenvalue weighted by Gasteiger charge is 2.35. The van der Waals surface area contributed by atoms with Crippen LogP contribution in [-0.2, 0) is 4.79 Å². The van der Waals surface area contributed by atoms with Crippen molar-refractivity contribution in [1.82, 2.24) is 10.6 Å². The summed E-state index contributed by atoms with van der Waals surface area (Å²) in [5.41, 5.74) is 3.07. The highest BCUT2D eigenvalue weighted by molar-refractivity contribution is 5.80. The molecule has 2 aliphatic heterocycles. The fraction of sp³-hybridized carbons (Fsp3) is 0.391. The Bertz CT molecular complexity index is 835. The molecule has 0 spiro atoms. The summed E-state index contributed by atoms with van der Waals surface area (Å²) in [6.45, 7) is 3.44. The van der Waals surface area contributed by atoms with Crippen molar-refractivity contribution in [2.24, 2.45) is 5.92 Å². The molecule has 2 fully saturated rings. The molecule has 5 nitrogen and oxygen atoms in total. The fourth-order valence-corrected chi connectivity index (χ4v) is 4.34. The minimum absolute atomic E-state index is 0.000967. The second-order valence-corrected chi connectivity index (χ2v) is 7.71. The fourth-order valence-electron chi connectivity index (χ4n) is 4.34. The van der Waals surface area contributed by atoms with Gasteiger partial charge in [-0.2, -0.15) is 5.26 Å². The van der Waals surface area contributed by atoms with E-state index in [1.165, 1.54) is 5.56 Å². The smallest absolute Gasteiger partial charge is 0.225 e. The van der Waals surface area contributed by atoms with Crippen molar-refractivity contribution in [2.45, 2.75) is 24.8 Å². The first kappa shape index (κ1) is 18.5. The first-order chi connectivity index (χ1) is 13.7. The first-order valence-corrected chi connectivity index (χ1v) is 10.1. The van der Waals surface area contributed by atoms with Gasteiger partial charge in [-0.3, -0.25) is 4.79 Å². The summed E-state index contributed by atoms with van der Waals surface area (Å²) >= 11 is 0. The van der Waals surface area contributed by atoms with E-state index in [9.17, 15) is 4.79 Å². The van der Waals surface area contributed by atoms with Crippen LogP contribution in [0.1, 0.15) is 29.9 Å². The maximum absolute atomic E-state index is 12.9. The molecule has 2 heterocycles. The first-order valence-electron chi connectivity index (χ1n) is 10.1. The molecule has 0 aromatic heterocycles. The van der Waals surface area contributed by atoms with Crippen molar-refractivity contribution >= 4 is 11.6 Å². The number of hydrogen-bond acceptors (Lipinski definition) is 4. The third kappa shape index (κ3) is 4.02. The number of carbonyl (C=O) groups is 1. The maximum atomic E-state index is 12.9. The number of nitriles is 1. The van der Waals surface area contributed by atoms with E-state index in [0.717, 1.165) is 44.7 Å². The largest absolute Gasteiger partial charge is 0.371 e. The molecule has 5 heteroatoms. The molecule has 4 rings (SSSR count). The molecule has 0 unspecified atom stereocenters. The highest BCUT2D eigenvalue weighted by atomic mass is 16.2. The Morgan fingerprint density at radius 3 is 2.43 bits per heavy atom. The zero-order valence-electron chi connectivity index (χ0n) is 16.0. The summed E-state index contributed by atoms with van der Waals surface area (Å²) in [5.74, 6) is 0.426. The summed E-state index contributed by atoms with van der Waals surface area (Å²) in [7, 11) is 0. The van der Waals surface area contributed by atoms with Crippen LogP contribution < -0.4 is 15.5 Å². The molecule has 2 atom stereocenters. The van der Waals surface area contributed by atoms with E-state index in [2.05, 4.69) is 33.7 Å². The zero-order valence-corrected chi connectivity index (χ0v) is 16.0. The maximum Gasteiger partial charge on any atom is 0.225 e. The van der Waals surface area contributed by atoms with Gasteiger partial charge >= 0.3 is 0 Å². The lowest BCUT2D eigenvalue weighted by molar-refractivity contribution is -0.125. The lowest BCUT2D eigenvalue weighted by Gasteiger charge is -2.34. The summed E-state index contributed by atoms with van der Waals surface area (Å²) in [6.07, 6.45) is 1.89. The van der Waals surface area contributed by atoms with Crippen LogP contribution in [0.2, 0.25) is 0 Å². The number of nitrogens with zero attached hydrogens (tertiary/aromatic N) is 2. The Kier molecular flexibility index (Phi) is 5.59. The lowest BCUT2D eigenvalue weighted by Crippen LogP contribution is -2.47. The second kappa shape index (κ2) is 8.45. The van der Waals surface area contributed by atoms with Gasteiger partial charge in [0.05, 0.1) is 17.6 Å². The van der Waals surface area contributed by atoms with Crippen LogP contribution in [0.5, 0.6) is 0 Å². The third-order valence-corrected chi connectivity index (χ3v) is 5.98. The summed E-state index contributed by atoms with van der Waals surface area (Å²) in [5, 5.41) is 15.6. The summed E-state index contributed by atoms with van der Waals surface area (Å²) < 4.78 is 0. The SMILES string of the molecule is N#Cc1ccc(N2CCC(NC(=O)[C@@H]3CNC[C@H]3c3ccccc3)CC2)cc1. The average molecular weight is 374 g/mol. The van der Waals surface area contributed by atoms with Crippen LogP contribution in [0, 0.1) is 17.2 Å². The van der Waals surface area contributed by atoms with E-state index in [1.807, 2.05) is 42.5 Å². The zero-order chi connectivity index (χ0) is 19.3. The van der Waals surface area contributed by atoms with Crippen molar-refractivity contribution in [2.75, 3.05) is 31.1 Å². The van der Waals surface area contributed by atoms with E-state index in [4.69, 9.17) is 5.26 Å². The highest BCUT2D eigenvalue weighted by Crippen LogP contribution is 2.29. The molecule has 2 saturated heterocycles. The van der Waals surface area contributed by atoms with Gasteiger partial charge in [0.15, 0.2) is 0 Å². The van der Waals surface area contributed by atoms with Crippen LogP contribution in [0.4, 0.5) is 5.69 Å². The summed E-state index contributed by atoms with van der Waals surface area (Å²) in [4.78, 5) is 15.3. The van der Waals surface area contributed by atoms with Crippen molar-refractivity contribution in [3.8, 4) is 6.07 Å². The number of piperidine rings is 1. The molecule has 0 bridgehead atoms. The van der Waals surface area contributed by atoms with E-state index >= 15 is 0 Å². The number of rotatable bonds is 4. The normalized spacial score (nSPS) is 22.6. The monoisotopic (exact) mass is 374 g/mol. The quantitative estimate of drug-likeness (QED) is 0.863. The molecule has 2 aromatic carbocycles. The molecule has 144 valence electrons. The number of carbonyl (C=O) groups excluding carboxylic acids is 1. The molecule has 0 aliphatic carbocycles. The van der Waals surface area contributed by atoms with Crippen molar-refractivity contribution in [3.05, 3.63) is 65.7 Å². The number of hydrogen-bond donors (Lipinski definition) is 2. The average Bonchev–Trinajstić information content (AvgIpc) is 3.25. The van der Waals surface area contributed by atoms with Crippen LogP contribution in [-0.4, -0.2) is 38.1 Å². The van der Waals surface area contributed by atoms with Gasteiger partial charge in [0.25, 0.3) is 0 Å². The third-order valence-electron chi connectivity index (χ3n) is 5.98. The molecule has 1 amide bonds. The number of benzene rings is 2. The van der Waals surface area contributed by atoms with Crippen molar-refractivity contribution < 1.29 is 4.79 Å². The Labute approximate surface area is 166 Å². The molecular formula is C23H26N4O. The lowest BCUT2D eigenvalue weighted by atomic mass is 9.88. The van der Waals surface area contributed by atoms with E-state index in [0.29, 0.717) is 5.56 Å². The predicted molar refractivity (Wildman–Crippen MR) is 110 cm³/mol. The van der Waals surface area contributed by atoms with E-state index < -0.39 is 0 Å². The Morgan fingerprint density at radius 1 is 1.04 bits per heavy atom. The predicted octanol–water partition coefficient (Wildman–Crippen LogP) is 2.65. The standard InChI is InChI=1S/C23H26N4O/c24-14-17-6-8-20(9-7-17)27-12-10-19(11-13-27)26-23(28)22-16-25-15-21(22)18-4-2-1-3-5-18/h1-9,19,21-22,25H,10-13,15-16H2,(H,26,28)/t21-,22+/m0/s1. The minimum Gasteiger partial charge on any atom is -0.371 e. The number of nitrogens with one attached hydrogen (secondary N) is 2. The Morgan fingerprint density at radius 2 is 1.75 bits per heavy atom. The van der Waals surface area contributed by atoms with Gasteiger partial charge in [0.2, 0.25) is 5.91 Å². The van der Waals surface area contributed by atoms with Gasteiger partial charge in [0.1, 0.15) is 0 Å². The van der Waals surface area contributed by atoms with Gasteiger partial charge in [0, 0.05) is 43.8 Å². The molecular weight excluding hydrogens is 348 g/mol. The molecule has 28 heavy (non-hydrogen) atoms. The van der Waals surface area contributed by atoms with Gasteiger partial charge in [-0.05, 0) is 42.7 Å². The van der Waals surface area contributed by atoms with Crippen molar-refractivity contribution in [3.63, 3.8) is 0 Å². The molecule has 2 aromatic rings. The topological polar surface area (TPSA) is 68.2 Å². The van der Waals surface area contributed by atoms with Crippen LogP contribution in [0.3, 0.4) is 0 Å². The molecule has 0 radical (unpaired) electrons. The van der Waals surface area contributed by atoms with Crippen molar-refractivity contribution in [1.29, 1.82) is 5.26 Å². The van der Waals surface area contributed by atoms with Crippen LogP contribution in [0.25, 0.3) is 0 Å². The minimum atomic E-state index is -0.000967.